The standard InChI is InChI=1S/C18H18ClNO3/c19-16-10-8-15(9-11-16)18(23)20(12-4-7-17(21)22)13-14-5-2-1-3-6-14/h1-3,5-6,8-11H,4,7,12-13H2,(H,21,22). The Morgan fingerprint density at radius 1 is 1.00 bits per heavy atom. The van der Waals surface area contributed by atoms with Gasteiger partial charge in [0.15, 0.2) is 0 Å². The van der Waals surface area contributed by atoms with Crippen molar-refractivity contribution in [3.63, 3.8) is 0 Å². The van der Waals surface area contributed by atoms with Crippen LogP contribution >= 0.6 is 11.6 Å². The maximum absolute atomic E-state index is 12.7. The van der Waals surface area contributed by atoms with Gasteiger partial charge in [-0.15, -0.1) is 0 Å². The molecule has 120 valence electrons. The van der Waals surface area contributed by atoms with E-state index >= 15 is 0 Å². The molecule has 0 aliphatic heterocycles. The van der Waals surface area contributed by atoms with Gasteiger partial charge in [0.25, 0.3) is 5.91 Å². The van der Waals surface area contributed by atoms with Crippen molar-refractivity contribution in [3.8, 4) is 0 Å². The molecule has 0 heterocycles. The number of rotatable bonds is 7. The number of amides is 1. The van der Waals surface area contributed by atoms with E-state index in [1.165, 1.54) is 0 Å². The Kier molecular flexibility index (Phi) is 6.18. The first-order valence-corrected chi connectivity index (χ1v) is 7.74. The van der Waals surface area contributed by atoms with Crippen molar-refractivity contribution < 1.29 is 14.7 Å². The lowest BCUT2D eigenvalue weighted by Crippen LogP contribution is -2.31. The molecule has 2 aromatic rings. The fourth-order valence-electron chi connectivity index (χ4n) is 2.25. The van der Waals surface area contributed by atoms with Gasteiger partial charge in [-0.3, -0.25) is 9.59 Å². The molecule has 0 aliphatic carbocycles. The van der Waals surface area contributed by atoms with Crippen LogP contribution in [0, 0.1) is 0 Å². The maximum Gasteiger partial charge on any atom is 0.303 e. The third-order valence-corrected chi connectivity index (χ3v) is 3.67. The van der Waals surface area contributed by atoms with Gasteiger partial charge in [-0.25, -0.2) is 0 Å². The van der Waals surface area contributed by atoms with Crippen LogP contribution in [0.3, 0.4) is 0 Å². The van der Waals surface area contributed by atoms with Crippen LogP contribution in [0.2, 0.25) is 5.02 Å². The van der Waals surface area contributed by atoms with E-state index in [1.54, 1.807) is 29.2 Å². The lowest BCUT2D eigenvalue weighted by atomic mass is 10.1. The second kappa shape index (κ2) is 8.34. The Morgan fingerprint density at radius 3 is 2.26 bits per heavy atom. The second-order valence-corrected chi connectivity index (χ2v) is 5.65. The third-order valence-electron chi connectivity index (χ3n) is 3.41. The first kappa shape index (κ1) is 17.0. The van der Waals surface area contributed by atoms with E-state index in [-0.39, 0.29) is 12.3 Å². The molecule has 2 rings (SSSR count). The Balaban J connectivity index is 2.12. The summed E-state index contributed by atoms with van der Waals surface area (Å²) in [5, 5.41) is 9.36. The van der Waals surface area contributed by atoms with Crippen molar-refractivity contribution in [3.05, 3.63) is 70.7 Å². The van der Waals surface area contributed by atoms with Gasteiger partial charge in [0.05, 0.1) is 0 Å². The van der Waals surface area contributed by atoms with Crippen LogP contribution in [0.15, 0.2) is 54.6 Å². The minimum Gasteiger partial charge on any atom is -0.481 e. The number of carbonyl (C=O) groups excluding carboxylic acids is 1. The number of hydrogen-bond acceptors (Lipinski definition) is 2. The van der Waals surface area contributed by atoms with Gasteiger partial charge >= 0.3 is 5.97 Å². The molecule has 1 amide bonds. The van der Waals surface area contributed by atoms with E-state index in [4.69, 9.17) is 16.7 Å². The highest BCUT2D eigenvalue weighted by molar-refractivity contribution is 6.30. The molecule has 0 aliphatic rings. The van der Waals surface area contributed by atoms with Crippen molar-refractivity contribution >= 4 is 23.5 Å². The molecule has 0 aromatic heterocycles. The van der Waals surface area contributed by atoms with Crippen LogP contribution in [0.5, 0.6) is 0 Å². The van der Waals surface area contributed by atoms with Gasteiger partial charge in [0, 0.05) is 30.1 Å². The summed E-state index contributed by atoms with van der Waals surface area (Å²) in [6.07, 6.45) is 0.459. The molecule has 0 saturated carbocycles. The van der Waals surface area contributed by atoms with Crippen LogP contribution in [-0.2, 0) is 11.3 Å². The highest BCUT2D eigenvalue weighted by Gasteiger charge is 2.16. The molecule has 2 aromatic carbocycles. The number of hydrogen-bond donors (Lipinski definition) is 1. The monoisotopic (exact) mass is 331 g/mol. The van der Waals surface area contributed by atoms with Crippen molar-refractivity contribution in [2.45, 2.75) is 19.4 Å². The van der Waals surface area contributed by atoms with Gasteiger partial charge < -0.3 is 10.0 Å². The highest BCUT2D eigenvalue weighted by Crippen LogP contribution is 2.14. The summed E-state index contributed by atoms with van der Waals surface area (Å²) in [4.78, 5) is 25.0. The van der Waals surface area contributed by atoms with Crippen LogP contribution in [0.25, 0.3) is 0 Å². The van der Waals surface area contributed by atoms with E-state index in [9.17, 15) is 9.59 Å². The van der Waals surface area contributed by atoms with Crippen LogP contribution in [0.4, 0.5) is 0 Å². The number of nitrogens with zero attached hydrogens (tertiary/aromatic N) is 1. The highest BCUT2D eigenvalue weighted by atomic mass is 35.5. The number of carbonyl (C=O) groups is 2. The summed E-state index contributed by atoms with van der Waals surface area (Å²) in [5.74, 6) is -0.987. The molecule has 0 radical (unpaired) electrons. The van der Waals surface area contributed by atoms with E-state index in [1.807, 2.05) is 30.3 Å². The maximum atomic E-state index is 12.7. The average molecular weight is 332 g/mol. The van der Waals surface area contributed by atoms with Crippen LogP contribution in [-0.4, -0.2) is 28.4 Å². The van der Waals surface area contributed by atoms with Gasteiger partial charge in [-0.1, -0.05) is 41.9 Å². The molecule has 0 unspecified atom stereocenters. The van der Waals surface area contributed by atoms with E-state index in [2.05, 4.69) is 0 Å². The lowest BCUT2D eigenvalue weighted by Gasteiger charge is -2.23. The Morgan fingerprint density at radius 2 is 1.65 bits per heavy atom. The molecule has 0 spiro atoms. The van der Waals surface area contributed by atoms with Crippen molar-refractivity contribution in [1.82, 2.24) is 4.90 Å². The molecule has 0 saturated heterocycles. The largest absolute Gasteiger partial charge is 0.481 e. The molecule has 23 heavy (non-hydrogen) atoms. The number of halogens is 1. The normalized spacial score (nSPS) is 10.3. The summed E-state index contributed by atoms with van der Waals surface area (Å²) in [6, 6.07) is 16.3. The molecule has 5 heteroatoms. The quantitative estimate of drug-likeness (QED) is 0.838. The van der Waals surface area contributed by atoms with E-state index < -0.39 is 5.97 Å². The fraction of sp³-hybridized carbons (Fsp3) is 0.222. The smallest absolute Gasteiger partial charge is 0.303 e. The SMILES string of the molecule is O=C(O)CCCN(Cc1ccccc1)C(=O)c1ccc(Cl)cc1. The first-order chi connectivity index (χ1) is 11.1. The zero-order valence-electron chi connectivity index (χ0n) is 12.6. The zero-order chi connectivity index (χ0) is 16.7. The molecule has 1 N–H and O–H groups in total. The Bertz CT molecular complexity index is 656. The molecule has 0 bridgehead atoms. The predicted molar refractivity (Wildman–Crippen MR) is 89.5 cm³/mol. The zero-order valence-corrected chi connectivity index (χ0v) is 13.4. The summed E-state index contributed by atoms with van der Waals surface area (Å²) in [5.41, 5.74) is 1.55. The number of aliphatic carboxylic acids is 1. The Hall–Kier alpha value is -2.33. The lowest BCUT2D eigenvalue weighted by molar-refractivity contribution is -0.137. The summed E-state index contributed by atoms with van der Waals surface area (Å²) < 4.78 is 0. The second-order valence-electron chi connectivity index (χ2n) is 5.22. The van der Waals surface area contributed by atoms with Crippen LogP contribution < -0.4 is 0 Å². The van der Waals surface area contributed by atoms with Crippen molar-refractivity contribution in [1.29, 1.82) is 0 Å². The third kappa shape index (κ3) is 5.42. The molecular formula is C18H18ClNO3. The first-order valence-electron chi connectivity index (χ1n) is 7.37. The molecule has 4 nitrogen and oxygen atoms in total. The van der Waals surface area contributed by atoms with Gasteiger partial charge in [0.1, 0.15) is 0 Å². The van der Waals surface area contributed by atoms with Gasteiger partial charge in [-0.05, 0) is 36.2 Å². The van der Waals surface area contributed by atoms with Crippen LogP contribution in [0.1, 0.15) is 28.8 Å². The van der Waals surface area contributed by atoms with Crippen molar-refractivity contribution in [2.75, 3.05) is 6.54 Å². The summed E-state index contributed by atoms with van der Waals surface area (Å²) in [7, 11) is 0. The minimum atomic E-state index is -0.858. The number of carboxylic acid groups (broad SMARTS) is 1. The minimum absolute atomic E-state index is 0.0409. The Labute approximate surface area is 140 Å². The van der Waals surface area contributed by atoms with E-state index in [0.29, 0.717) is 30.1 Å². The fourth-order valence-corrected chi connectivity index (χ4v) is 2.38. The number of benzene rings is 2. The van der Waals surface area contributed by atoms with E-state index in [0.717, 1.165) is 5.56 Å². The average Bonchev–Trinajstić information content (AvgIpc) is 2.54. The molecular weight excluding hydrogens is 314 g/mol. The topological polar surface area (TPSA) is 57.6 Å². The summed E-state index contributed by atoms with van der Waals surface area (Å²) in [6.45, 7) is 0.838. The summed E-state index contributed by atoms with van der Waals surface area (Å²) >= 11 is 5.85. The van der Waals surface area contributed by atoms with Crippen molar-refractivity contribution in [2.24, 2.45) is 0 Å². The number of carboxylic acids is 1. The van der Waals surface area contributed by atoms with Gasteiger partial charge in [0.2, 0.25) is 0 Å². The molecule has 0 atom stereocenters. The van der Waals surface area contributed by atoms with Gasteiger partial charge in [-0.2, -0.15) is 0 Å². The molecule has 0 fully saturated rings. The predicted octanol–water partition coefficient (Wildman–Crippen LogP) is 3.85.